The van der Waals surface area contributed by atoms with Crippen molar-refractivity contribution in [2.75, 3.05) is 6.61 Å². The molecule has 0 aromatic rings. The first-order valence-corrected chi connectivity index (χ1v) is 22.6. The predicted molar refractivity (Wildman–Crippen MR) is 238 cm³/mol. The molecule has 10 nitrogen and oxygen atoms in total. The molecule has 1 saturated heterocycles. The summed E-state index contributed by atoms with van der Waals surface area (Å²) >= 11 is 0. The number of carbonyl (C=O) groups excluding carboxylic acids is 2. The Morgan fingerprint density at radius 3 is 1.53 bits per heavy atom. The van der Waals surface area contributed by atoms with Crippen molar-refractivity contribution < 1.29 is 49.3 Å². The topological polar surface area (TPSA) is 166 Å². The molecule has 10 heteroatoms. The van der Waals surface area contributed by atoms with Gasteiger partial charge in [-0.1, -0.05) is 28.9 Å². The predicted octanol–water partition coefficient (Wildman–Crippen LogP) is 10.1. The normalized spacial score (nSPS) is 22.5. The van der Waals surface area contributed by atoms with Gasteiger partial charge in [0.2, 0.25) is 0 Å². The fourth-order valence-corrected chi connectivity index (χ4v) is 7.99. The van der Waals surface area contributed by atoms with Crippen molar-refractivity contribution in [2.24, 2.45) is 0 Å². The lowest BCUT2D eigenvalue weighted by molar-refractivity contribution is -0.161. The van der Waals surface area contributed by atoms with E-state index in [-0.39, 0.29) is 11.6 Å². The Bertz CT molecular complexity index is 1350. The molecule has 7 unspecified atom stereocenters. The van der Waals surface area contributed by atoms with Gasteiger partial charge in [0.05, 0.1) is 39.7 Å². The number of hydrogen-bond donors (Lipinski definition) is 5. The third kappa shape index (κ3) is 26.8. The second-order valence-electron chi connectivity index (χ2n) is 20.2. The summed E-state index contributed by atoms with van der Waals surface area (Å²) < 4.78 is 16.3. The van der Waals surface area contributed by atoms with Crippen LogP contribution in [0.1, 0.15) is 212 Å². The molecule has 0 spiro atoms. The second kappa shape index (κ2) is 25.1. The monoisotopic (exact) mass is 837 g/mol. The van der Waals surface area contributed by atoms with Gasteiger partial charge in [0.1, 0.15) is 12.7 Å². The number of rotatable bonds is 32. The lowest BCUT2D eigenvalue weighted by Gasteiger charge is -2.32. The number of allylic oxidation sites excluding steroid dienone is 5. The summed E-state index contributed by atoms with van der Waals surface area (Å²) in [5.74, 6) is -0.726. The molecule has 0 aliphatic carbocycles. The van der Waals surface area contributed by atoms with E-state index in [9.17, 15) is 35.1 Å². The van der Waals surface area contributed by atoms with E-state index in [1.807, 2.05) is 19.9 Å². The van der Waals surface area contributed by atoms with Gasteiger partial charge in [0.25, 0.3) is 0 Å². The van der Waals surface area contributed by atoms with Gasteiger partial charge in [0, 0.05) is 13.8 Å². The van der Waals surface area contributed by atoms with Crippen LogP contribution < -0.4 is 0 Å². The molecule has 7 atom stereocenters. The first-order chi connectivity index (χ1) is 27.1. The van der Waals surface area contributed by atoms with Gasteiger partial charge in [-0.25, -0.2) is 0 Å². The SMILES string of the molecule is CC(=O)OC/C=C(\C)CCC1OC1(C)CC/C=C(\C)CC/C=C(\C)CCCC(C)(O)CCCC(C)(O)CCCC(C)(O)CCCC(C)(O)CCC(OC(C)=O)C(C)(C)O. The Balaban J connectivity index is 2.29. The highest BCUT2D eigenvalue weighted by Gasteiger charge is 2.50. The first-order valence-electron chi connectivity index (χ1n) is 22.6. The van der Waals surface area contributed by atoms with Gasteiger partial charge in [-0.3, -0.25) is 9.59 Å². The highest BCUT2D eigenvalue weighted by Crippen LogP contribution is 2.43. The third-order valence-corrected chi connectivity index (χ3v) is 12.3. The molecule has 0 aromatic heterocycles. The molecule has 0 amide bonds. The summed E-state index contributed by atoms with van der Waals surface area (Å²) in [5, 5.41) is 54.4. The summed E-state index contributed by atoms with van der Waals surface area (Å²) in [6.45, 7) is 22.2. The zero-order chi connectivity index (χ0) is 45.1. The number of epoxide rings is 1. The number of ether oxygens (including phenoxy) is 3. The Hall–Kier alpha value is -2.08. The lowest BCUT2D eigenvalue weighted by Crippen LogP contribution is -2.41. The summed E-state index contributed by atoms with van der Waals surface area (Å²) in [4.78, 5) is 22.4. The van der Waals surface area contributed by atoms with Gasteiger partial charge in [-0.05, 0) is 204 Å². The Morgan fingerprint density at radius 2 is 1.05 bits per heavy atom. The molecule has 1 aliphatic rings. The average Bonchev–Trinajstić information content (AvgIpc) is 3.72. The van der Waals surface area contributed by atoms with E-state index in [0.29, 0.717) is 83.3 Å². The zero-order valence-corrected chi connectivity index (χ0v) is 39.5. The van der Waals surface area contributed by atoms with Crippen LogP contribution in [0.25, 0.3) is 0 Å². The molecular formula is C49H88O10. The van der Waals surface area contributed by atoms with Gasteiger partial charge < -0.3 is 39.7 Å². The molecule has 344 valence electrons. The van der Waals surface area contributed by atoms with E-state index in [2.05, 4.69) is 39.8 Å². The van der Waals surface area contributed by atoms with E-state index in [4.69, 9.17) is 14.2 Å². The van der Waals surface area contributed by atoms with Crippen molar-refractivity contribution in [2.45, 2.75) is 257 Å². The Kier molecular flexibility index (Phi) is 23.4. The van der Waals surface area contributed by atoms with Crippen LogP contribution in [0.2, 0.25) is 0 Å². The van der Waals surface area contributed by atoms with Crippen LogP contribution in [-0.4, -0.2) is 89.9 Å². The fourth-order valence-electron chi connectivity index (χ4n) is 7.99. The van der Waals surface area contributed by atoms with Gasteiger partial charge in [-0.2, -0.15) is 0 Å². The highest BCUT2D eigenvalue weighted by atomic mass is 16.6. The zero-order valence-electron chi connectivity index (χ0n) is 39.5. The third-order valence-electron chi connectivity index (χ3n) is 12.3. The van der Waals surface area contributed by atoms with Crippen molar-refractivity contribution in [1.82, 2.24) is 0 Å². The van der Waals surface area contributed by atoms with Crippen LogP contribution in [0, 0.1) is 0 Å². The smallest absolute Gasteiger partial charge is 0.303 e. The standard InChI is InChI=1S/C49H88O10/c1-37(19-13-20-38(2)22-15-34-49(12)43(59-49)24-23-39(3)26-36-57-40(4)50)21-14-27-45(8,53)28-16-29-46(9,54)30-17-31-47(10,55)32-18-33-48(11,56)35-25-42(44(6,7)52)58-41(5)51/h19,22,26,42-43,52-56H,13-18,20-21,23-25,27-36H2,1-12H3/b37-19+,38-22+,39-26+. The molecule has 0 aromatic carbocycles. The average molecular weight is 837 g/mol. The van der Waals surface area contributed by atoms with E-state index >= 15 is 0 Å². The maximum Gasteiger partial charge on any atom is 0.303 e. The molecule has 0 saturated carbocycles. The summed E-state index contributed by atoms with van der Waals surface area (Å²) in [7, 11) is 0. The van der Waals surface area contributed by atoms with E-state index < -0.39 is 40.1 Å². The highest BCUT2D eigenvalue weighted by molar-refractivity contribution is 5.66. The largest absolute Gasteiger partial charge is 0.462 e. The van der Waals surface area contributed by atoms with Gasteiger partial charge >= 0.3 is 11.9 Å². The van der Waals surface area contributed by atoms with Crippen LogP contribution in [-0.2, 0) is 23.8 Å². The van der Waals surface area contributed by atoms with E-state index in [1.54, 1.807) is 27.7 Å². The lowest BCUT2D eigenvalue weighted by atomic mass is 9.84. The summed E-state index contributed by atoms with van der Waals surface area (Å²) in [5.41, 5.74) is -0.876. The molecule has 0 bridgehead atoms. The maximum atomic E-state index is 11.5. The first kappa shape index (κ1) is 54.9. The maximum absolute atomic E-state index is 11.5. The summed E-state index contributed by atoms with van der Waals surface area (Å²) in [6.07, 6.45) is 20.8. The number of carbonyl (C=O) groups is 2. The minimum Gasteiger partial charge on any atom is -0.462 e. The Labute approximate surface area is 359 Å². The fraction of sp³-hybridized carbons (Fsp3) is 0.837. The minimum absolute atomic E-state index is 0.0394. The van der Waals surface area contributed by atoms with Crippen molar-refractivity contribution in [3.05, 3.63) is 34.9 Å². The summed E-state index contributed by atoms with van der Waals surface area (Å²) in [6, 6.07) is 0. The van der Waals surface area contributed by atoms with Gasteiger partial charge in [-0.15, -0.1) is 0 Å². The quantitative estimate of drug-likeness (QED) is 0.0250. The molecule has 59 heavy (non-hydrogen) atoms. The van der Waals surface area contributed by atoms with Crippen LogP contribution in [0.3, 0.4) is 0 Å². The molecule has 1 fully saturated rings. The van der Waals surface area contributed by atoms with Crippen molar-refractivity contribution in [3.8, 4) is 0 Å². The second-order valence-corrected chi connectivity index (χ2v) is 20.2. The minimum atomic E-state index is -1.21. The Morgan fingerprint density at radius 1 is 0.610 bits per heavy atom. The van der Waals surface area contributed by atoms with Crippen molar-refractivity contribution >= 4 is 11.9 Å². The van der Waals surface area contributed by atoms with E-state index in [0.717, 1.165) is 57.8 Å². The van der Waals surface area contributed by atoms with E-state index in [1.165, 1.54) is 30.6 Å². The van der Waals surface area contributed by atoms with Crippen LogP contribution >= 0.6 is 0 Å². The number of hydrogen-bond acceptors (Lipinski definition) is 10. The molecule has 5 N–H and O–H groups in total. The van der Waals surface area contributed by atoms with Gasteiger partial charge in [0.15, 0.2) is 0 Å². The van der Waals surface area contributed by atoms with Crippen LogP contribution in [0.5, 0.6) is 0 Å². The van der Waals surface area contributed by atoms with Crippen LogP contribution in [0.4, 0.5) is 0 Å². The van der Waals surface area contributed by atoms with Crippen molar-refractivity contribution in [1.29, 1.82) is 0 Å². The van der Waals surface area contributed by atoms with Crippen LogP contribution in [0.15, 0.2) is 34.9 Å². The molecule has 1 rings (SSSR count). The number of esters is 2. The molecular weight excluding hydrogens is 749 g/mol. The molecule has 0 radical (unpaired) electrons. The number of aliphatic hydroxyl groups is 5. The molecule has 1 aliphatic heterocycles. The van der Waals surface area contributed by atoms with Crippen molar-refractivity contribution in [3.63, 3.8) is 0 Å². The molecule has 1 heterocycles.